The highest BCUT2D eigenvalue weighted by Gasteiger charge is 2.41. The summed E-state index contributed by atoms with van der Waals surface area (Å²) >= 11 is 2.10. The second-order valence-electron chi connectivity index (χ2n) is 6.58. The summed E-state index contributed by atoms with van der Waals surface area (Å²) in [6.45, 7) is 3.03. The molecule has 0 aromatic rings. The Kier molecular flexibility index (Phi) is 6.21. The molecule has 3 nitrogen and oxygen atoms in total. The Labute approximate surface area is 127 Å². The fraction of sp³-hybridized carbons (Fsp3) is 0.938. The van der Waals surface area contributed by atoms with E-state index in [0.29, 0.717) is 5.25 Å². The van der Waals surface area contributed by atoms with Crippen molar-refractivity contribution in [2.24, 2.45) is 11.7 Å². The highest BCUT2D eigenvalue weighted by atomic mass is 32.2. The van der Waals surface area contributed by atoms with Gasteiger partial charge in [-0.25, -0.2) is 0 Å². The lowest BCUT2D eigenvalue weighted by atomic mass is 9.80. The molecule has 2 rings (SSSR count). The Balaban J connectivity index is 1.85. The van der Waals surface area contributed by atoms with E-state index in [9.17, 15) is 4.79 Å². The van der Waals surface area contributed by atoms with E-state index in [4.69, 9.17) is 5.73 Å². The number of nitrogens with two attached hydrogens (primary N) is 1. The third kappa shape index (κ3) is 4.14. The van der Waals surface area contributed by atoms with Gasteiger partial charge in [0.1, 0.15) is 0 Å². The zero-order valence-corrected chi connectivity index (χ0v) is 13.6. The van der Waals surface area contributed by atoms with Gasteiger partial charge in [0, 0.05) is 5.25 Å². The van der Waals surface area contributed by atoms with E-state index >= 15 is 0 Å². The molecule has 2 aliphatic carbocycles. The molecule has 0 saturated heterocycles. The lowest BCUT2D eigenvalue weighted by Gasteiger charge is -2.39. The summed E-state index contributed by atoms with van der Waals surface area (Å²) in [7, 11) is 0. The van der Waals surface area contributed by atoms with Gasteiger partial charge < -0.3 is 11.1 Å². The fourth-order valence-corrected chi connectivity index (χ4v) is 5.26. The summed E-state index contributed by atoms with van der Waals surface area (Å²) < 4.78 is 0. The second-order valence-corrected chi connectivity index (χ2v) is 7.91. The number of thioether (sulfide) groups is 1. The number of nitrogens with one attached hydrogen (secondary N) is 1. The molecular weight excluding hydrogens is 268 g/mol. The number of amides is 1. The molecule has 2 atom stereocenters. The molecular formula is C16H30N2OS. The first-order chi connectivity index (χ1) is 9.66. The van der Waals surface area contributed by atoms with Gasteiger partial charge >= 0.3 is 0 Å². The number of hydrogen-bond donors (Lipinski definition) is 2. The van der Waals surface area contributed by atoms with Gasteiger partial charge in [-0.2, -0.15) is 11.8 Å². The van der Waals surface area contributed by atoms with E-state index < -0.39 is 5.54 Å². The SMILES string of the molecule is CCCNC1(C(N)=O)CCCC(SCC2CCCC2)C1. The lowest BCUT2D eigenvalue weighted by molar-refractivity contribution is -0.125. The third-order valence-electron chi connectivity index (χ3n) is 4.93. The maximum atomic E-state index is 11.9. The number of carbonyl (C=O) groups is 1. The fourth-order valence-electron chi connectivity index (χ4n) is 3.65. The molecule has 2 unspecified atom stereocenters. The van der Waals surface area contributed by atoms with Crippen molar-refractivity contribution in [1.82, 2.24) is 5.32 Å². The van der Waals surface area contributed by atoms with Crippen LogP contribution in [0.15, 0.2) is 0 Å². The van der Waals surface area contributed by atoms with E-state index in [-0.39, 0.29) is 5.91 Å². The number of primary amides is 1. The van der Waals surface area contributed by atoms with Crippen LogP contribution in [-0.2, 0) is 4.79 Å². The Morgan fingerprint density at radius 1 is 1.30 bits per heavy atom. The first-order valence-electron chi connectivity index (χ1n) is 8.33. The minimum absolute atomic E-state index is 0.142. The van der Waals surface area contributed by atoms with Gasteiger partial charge in [0.15, 0.2) is 0 Å². The molecule has 0 aromatic heterocycles. The smallest absolute Gasteiger partial charge is 0.237 e. The Hall–Kier alpha value is -0.220. The average molecular weight is 298 g/mol. The Morgan fingerprint density at radius 2 is 2.05 bits per heavy atom. The molecule has 1 amide bonds. The molecule has 2 aliphatic rings. The molecule has 4 heteroatoms. The highest BCUT2D eigenvalue weighted by molar-refractivity contribution is 7.99. The van der Waals surface area contributed by atoms with Gasteiger partial charge in [0.2, 0.25) is 5.91 Å². The van der Waals surface area contributed by atoms with Crippen molar-refractivity contribution in [2.75, 3.05) is 12.3 Å². The van der Waals surface area contributed by atoms with Crippen LogP contribution in [-0.4, -0.2) is 29.0 Å². The minimum atomic E-state index is -0.429. The molecule has 116 valence electrons. The van der Waals surface area contributed by atoms with Gasteiger partial charge in [-0.05, 0) is 63.2 Å². The molecule has 3 N–H and O–H groups in total. The topological polar surface area (TPSA) is 55.1 Å². The van der Waals surface area contributed by atoms with Crippen LogP contribution in [0.5, 0.6) is 0 Å². The molecule has 0 aliphatic heterocycles. The van der Waals surface area contributed by atoms with Crippen LogP contribution in [0.25, 0.3) is 0 Å². The normalized spacial score (nSPS) is 31.6. The molecule has 2 fully saturated rings. The van der Waals surface area contributed by atoms with Gasteiger partial charge in [0.25, 0.3) is 0 Å². The molecule has 0 spiro atoms. The van der Waals surface area contributed by atoms with Gasteiger partial charge in [0.05, 0.1) is 5.54 Å². The van der Waals surface area contributed by atoms with Crippen molar-refractivity contribution >= 4 is 17.7 Å². The Bertz CT molecular complexity index is 318. The van der Waals surface area contributed by atoms with Crippen LogP contribution in [0.1, 0.15) is 64.7 Å². The quantitative estimate of drug-likeness (QED) is 0.759. The van der Waals surface area contributed by atoms with E-state index in [0.717, 1.165) is 38.1 Å². The van der Waals surface area contributed by atoms with Crippen LogP contribution < -0.4 is 11.1 Å². The molecule has 0 aromatic carbocycles. The number of carbonyl (C=O) groups excluding carboxylic acids is 1. The monoisotopic (exact) mass is 298 g/mol. The lowest BCUT2D eigenvalue weighted by Crippen LogP contribution is -2.58. The summed E-state index contributed by atoms with van der Waals surface area (Å²) in [5.74, 6) is 2.07. The predicted molar refractivity (Wildman–Crippen MR) is 86.9 cm³/mol. The summed E-state index contributed by atoms with van der Waals surface area (Å²) in [5, 5.41) is 4.07. The number of hydrogen-bond acceptors (Lipinski definition) is 3. The van der Waals surface area contributed by atoms with Crippen molar-refractivity contribution in [2.45, 2.75) is 75.5 Å². The summed E-state index contributed by atoms with van der Waals surface area (Å²) in [5.41, 5.74) is 5.28. The standard InChI is InChI=1S/C16H30N2OS/c1-2-10-18-16(15(17)19)9-5-8-14(11-16)20-12-13-6-3-4-7-13/h13-14,18H,2-12H2,1H3,(H2,17,19). The molecule has 0 radical (unpaired) electrons. The molecule has 0 bridgehead atoms. The minimum Gasteiger partial charge on any atom is -0.368 e. The maximum absolute atomic E-state index is 11.9. The van der Waals surface area contributed by atoms with Crippen LogP contribution in [0.2, 0.25) is 0 Å². The summed E-state index contributed by atoms with van der Waals surface area (Å²) in [4.78, 5) is 11.9. The van der Waals surface area contributed by atoms with Crippen molar-refractivity contribution in [1.29, 1.82) is 0 Å². The number of rotatable bonds is 7. The van der Waals surface area contributed by atoms with Crippen molar-refractivity contribution in [3.8, 4) is 0 Å². The maximum Gasteiger partial charge on any atom is 0.237 e. The largest absolute Gasteiger partial charge is 0.368 e. The van der Waals surface area contributed by atoms with Crippen LogP contribution >= 0.6 is 11.8 Å². The summed E-state index contributed by atoms with van der Waals surface area (Å²) in [6, 6.07) is 0. The van der Waals surface area contributed by atoms with Crippen molar-refractivity contribution in [3.63, 3.8) is 0 Å². The van der Waals surface area contributed by atoms with Gasteiger partial charge in [-0.1, -0.05) is 19.8 Å². The zero-order valence-electron chi connectivity index (χ0n) is 12.8. The van der Waals surface area contributed by atoms with E-state index in [1.165, 1.54) is 37.9 Å². The van der Waals surface area contributed by atoms with Crippen LogP contribution in [0.3, 0.4) is 0 Å². The second kappa shape index (κ2) is 7.69. The average Bonchev–Trinajstić information content (AvgIpc) is 2.96. The van der Waals surface area contributed by atoms with Crippen LogP contribution in [0, 0.1) is 5.92 Å². The summed E-state index contributed by atoms with van der Waals surface area (Å²) in [6.07, 6.45) is 10.9. The first-order valence-corrected chi connectivity index (χ1v) is 9.37. The van der Waals surface area contributed by atoms with Crippen molar-refractivity contribution in [3.05, 3.63) is 0 Å². The molecule has 0 heterocycles. The Morgan fingerprint density at radius 3 is 2.70 bits per heavy atom. The first kappa shape index (κ1) is 16.2. The van der Waals surface area contributed by atoms with Crippen LogP contribution in [0.4, 0.5) is 0 Å². The third-order valence-corrected chi connectivity index (χ3v) is 6.47. The predicted octanol–water partition coefficient (Wildman–Crippen LogP) is 3.08. The van der Waals surface area contributed by atoms with Gasteiger partial charge in [-0.15, -0.1) is 0 Å². The highest BCUT2D eigenvalue weighted by Crippen LogP contribution is 2.37. The zero-order chi connectivity index (χ0) is 14.4. The molecule has 2 saturated carbocycles. The van der Waals surface area contributed by atoms with Crippen molar-refractivity contribution < 1.29 is 4.79 Å². The van der Waals surface area contributed by atoms with Gasteiger partial charge in [-0.3, -0.25) is 4.79 Å². The molecule has 20 heavy (non-hydrogen) atoms. The van der Waals surface area contributed by atoms with E-state index in [2.05, 4.69) is 24.0 Å². The van der Waals surface area contributed by atoms with E-state index in [1.807, 2.05) is 0 Å². The van der Waals surface area contributed by atoms with E-state index in [1.54, 1.807) is 0 Å².